The van der Waals surface area contributed by atoms with Crippen LogP contribution in [0.1, 0.15) is 41.0 Å². The molecule has 0 aromatic rings. The number of Topliss-reactive ketones (excluding diaryl/α,β-unsaturated/α-hetero) is 1. The summed E-state index contributed by atoms with van der Waals surface area (Å²) in [5.41, 5.74) is -0.749. The highest BCUT2D eigenvalue weighted by Crippen LogP contribution is 2.40. The second-order valence-corrected chi connectivity index (χ2v) is 7.26. The molecule has 0 rings (SSSR count). The number of carbonyl (C=O) groups is 2. The number of ether oxygens (including phenoxy) is 1. The van der Waals surface area contributed by atoms with Gasteiger partial charge in [0.25, 0.3) is 0 Å². The van der Waals surface area contributed by atoms with E-state index in [0.29, 0.717) is 0 Å². The lowest BCUT2D eigenvalue weighted by Gasteiger charge is -2.32. The van der Waals surface area contributed by atoms with E-state index in [2.05, 4.69) is 0 Å². The van der Waals surface area contributed by atoms with Crippen LogP contribution in [0.2, 0.25) is 0 Å². The number of hydrogen-bond donors (Lipinski definition) is 0. The molecule has 0 saturated carbocycles. The average Bonchev–Trinajstić information content (AvgIpc) is 2.35. The summed E-state index contributed by atoms with van der Waals surface area (Å²) in [4.78, 5) is 24.1. The number of carbonyl (C=O) groups excluding carboxylic acids is 2. The van der Waals surface area contributed by atoms with Crippen LogP contribution in [0.4, 0.5) is 13.2 Å². The van der Waals surface area contributed by atoms with Crippen molar-refractivity contribution in [3.8, 4) is 0 Å². The van der Waals surface area contributed by atoms with Gasteiger partial charge in [-0.1, -0.05) is 27.7 Å². The molecule has 0 unspecified atom stereocenters. The van der Waals surface area contributed by atoms with Crippen molar-refractivity contribution in [1.29, 1.82) is 0 Å². The van der Waals surface area contributed by atoms with Gasteiger partial charge >= 0.3 is 12.1 Å². The van der Waals surface area contributed by atoms with E-state index in [1.807, 2.05) is 0 Å². The van der Waals surface area contributed by atoms with Crippen LogP contribution >= 0.6 is 11.8 Å². The first kappa shape index (κ1) is 21.3. The molecule has 7 heteroatoms. The number of esters is 1. The van der Waals surface area contributed by atoms with E-state index in [9.17, 15) is 22.8 Å². The summed E-state index contributed by atoms with van der Waals surface area (Å²) in [5.74, 6) is -3.89. The molecular formula is C15H25F3O3S. The Labute approximate surface area is 134 Å². The summed E-state index contributed by atoms with van der Waals surface area (Å²) in [6, 6.07) is 0. The third-order valence-corrected chi connectivity index (χ3v) is 4.63. The number of hydrogen-bond acceptors (Lipinski definition) is 4. The fourth-order valence-electron chi connectivity index (χ4n) is 1.98. The van der Waals surface area contributed by atoms with Gasteiger partial charge in [0.2, 0.25) is 0 Å². The highest BCUT2D eigenvalue weighted by atomic mass is 32.2. The molecule has 0 amide bonds. The summed E-state index contributed by atoms with van der Waals surface area (Å²) in [6.45, 7) is 7.67. The first-order valence-electron chi connectivity index (χ1n) is 7.15. The van der Waals surface area contributed by atoms with Crippen molar-refractivity contribution in [3.05, 3.63) is 0 Å². The first-order chi connectivity index (χ1) is 9.86. The fourth-order valence-corrected chi connectivity index (χ4v) is 2.92. The van der Waals surface area contributed by atoms with Crippen molar-refractivity contribution in [2.75, 3.05) is 12.9 Å². The molecule has 22 heavy (non-hydrogen) atoms. The van der Waals surface area contributed by atoms with E-state index in [4.69, 9.17) is 4.74 Å². The minimum atomic E-state index is -4.47. The van der Waals surface area contributed by atoms with E-state index in [0.717, 1.165) is 18.7 Å². The topological polar surface area (TPSA) is 43.4 Å². The van der Waals surface area contributed by atoms with Crippen molar-refractivity contribution >= 4 is 23.5 Å². The molecule has 130 valence electrons. The molecule has 0 spiro atoms. The van der Waals surface area contributed by atoms with Gasteiger partial charge in [0.15, 0.2) is 0 Å². The maximum Gasteiger partial charge on any atom is 0.391 e. The molecule has 0 heterocycles. The third kappa shape index (κ3) is 6.18. The second-order valence-electron chi connectivity index (χ2n) is 6.28. The number of ketones is 1. The van der Waals surface area contributed by atoms with Crippen LogP contribution in [0, 0.1) is 17.3 Å². The average molecular weight is 342 g/mol. The van der Waals surface area contributed by atoms with Gasteiger partial charge in [-0.15, -0.1) is 11.8 Å². The Morgan fingerprint density at radius 2 is 1.68 bits per heavy atom. The first-order valence-corrected chi connectivity index (χ1v) is 8.44. The molecule has 0 N–H and O–H groups in total. The molecule has 0 radical (unpaired) electrons. The highest BCUT2D eigenvalue weighted by Gasteiger charge is 2.47. The minimum absolute atomic E-state index is 0.0935. The lowest BCUT2D eigenvalue weighted by atomic mass is 9.79. The Hall–Kier alpha value is -0.720. The van der Waals surface area contributed by atoms with Gasteiger partial charge in [-0.25, -0.2) is 0 Å². The molecule has 3 nitrogen and oxygen atoms in total. The quantitative estimate of drug-likeness (QED) is 0.653. The van der Waals surface area contributed by atoms with Crippen LogP contribution in [0.15, 0.2) is 0 Å². The highest BCUT2D eigenvalue weighted by molar-refractivity contribution is 7.99. The predicted octanol–water partition coefficient (Wildman–Crippen LogP) is 4.10. The summed E-state index contributed by atoms with van der Waals surface area (Å²) in [5, 5.41) is -1.01. The standard InChI is InChI=1S/C15H25F3O3S/c1-7-21-13(20)12(22-6)10(9(2)15(16,17)18)8-11(19)14(3,4)5/h9-10,12H,7-8H2,1-6H3/t9-,10+,12-/m1/s1. The maximum atomic E-state index is 13.1. The van der Waals surface area contributed by atoms with E-state index < -0.39 is 34.6 Å². The summed E-state index contributed by atoms with van der Waals surface area (Å²) in [6.07, 6.45) is -3.21. The Kier molecular flexibility index (Phi) is 7.95. The zero-order valence-corrected chi connectivity index (χ0v) is 14.7. The van der Waals surface area contributed by atoms with E-state index >= 15 is 0 Å². The van der Waals surface area contributed by atoms with Gasteiger partial charge in [0.1, 0.15) is 11.0 Å². The van der Waals surface area contributed by atoms with Gasteiger partial charge in [0, 0.05) is 11.8 Å². The maximum absolute atomic E-state index is 13.1. The molecule has 3 atom stereocenters. The number of halogens is 3. The van der Waals surface area contributed by atoms with Gasteiger partial charge in [0.05, 0.1) is 12.5 Å². The molecule has 0 aliphatic carbocycles. The van der Waals surface area contributed by atoms with Crippen LogP contribution in [0.5, 0.6) is 0 Å². The monoisotopic (exact) mass is 342 g/mol. The Bertz CT molecular complexity index is 388. The van der Waals surface area contributed by atoms with Crippen LogP contribution in [-0.2, 0) is 14.3 Å². The van der Waals surface area contributed by atoms with E-state index in [-0.39, 0.29) is 18.8 Å². The number of thioether (sulfide) groups is 1. The molecule has 0 saturated heterocycles. The van der Waals surface area contributed by atoms with Gasteiger partial charge in [-0.05, 0) is 19.1 Å². The summed E-state index contributed by atoms with van der Waals surface area (Å²) < 4.78 is 44.2. The van der Waals surface area contributed by atoms with Gasteiger partial charge < -0.3 is 4.74 Å². The summed E-state index contributed by atoms with van der Waals surface area (Å²) in [7, 11) is 0. The zero-order chi connectivity index (χ0) is 17.7. The lowest BCUT2D eigenvalue weighted by Crippen LogP contribution is -2.41. The van der Waals surface area contributed by atoms with Crippen LogP contribution in [0.3, 0.4) is 0 Å². The van der Waals surface area contributed by atoms with E-state index in [1.165, 1.54) is 0 Å². The normalized spacial score (nSPS) is 16.8. The number of alkyl halides is 3. The van der Waals surface area contributed by atoms with Crippen molar-refractivity contribution in [2.45, 2.75) is 52.5 Å². The largest absolute Gasteiger partial charge is 0.465 e. The molecule has 0 aliphatic heterocycles. The smallest absolute Gasteiger partial charge is 0.391 e. The minimum Gasteiger partial charge on any atom is -0.465 e. The van der Waals surface area contributed by atoms with Crippen molar-refractivity contribution in [3.63, 3.8) is 0 Å². The molecular weight excluding hydrogens is 317 g/mol. The Morgan fingerprint density at radius 3 is 2.00 bits per heavy atom. The van der Waals surface area contributed by atoms with Gasteiger partial charge in [-0.2, -0.15) is 13.2 Å². The van der Waals surface area contributed by atoms with Gasteiger partial charge in [-0.3, -0.25) is 9.59 Å². The fraction of sp³-hybridized carbons (Fsp3) is 0.867. The van der Waals surface area contributed by atoms with Crippen molar-refractivity contribution in [1.82, 2.24) is 0 Å². The molecule has 0 aromatic heterocycles. The molecule has 0 bridgehead atoms. The van der Waals surface area contributed by atoms with Crippen molar-refractivity contribution < 1.29 is 27.5 Å². The number of rotatable bonds is 7. The van der Waals surface area contributed by atoms with Crippen molar-refractivity contribution in [2.24, 2.45) is 17.3 Å². The zero-order valence-electron chi connectivity index (χ0n) is 13.9. The molecule has 0 fully saturated rings. The Morgan fingerprint density at radius 1 is 1.18 bits per heavy atom. The lowest BCUT2D eigenvalue weighted by molar-refractivity contribution is -0.186. The molecule has 0 aromatic carbocycles. The van der Waals surface area contributed by atoms with E-state index in [1.54, 1.807) is 34.0 Å². The molecule has 0 aliphatic rings. The second kappa shape index (κ2) is 8.22. The van der Waals surface area contributed by atoms with Crippen LogP contribution in [0.25, 0.3) is 0 Å². The Balaban J connectivity index is 5.49. The SMILES string of the molecule is CCOC(=O)[C@H](SC)[C@@H](CC(=O)C(C)(C)C)[C@@H](C)C(F)(F)F. The van der Waals surface area contributed by atoms with Crippen LogP contribution in [-0.4, -0.2) is 36.0 Å². The van der Waals surface area contributed by atoms with Crippen LogP contribution < -0.4 is 0 Å². The summed E-state index contributed by atoms with van der Waals surface area (Å²) >= 11 is 0.996. The third-order valence-electron chi connectivity index (χ3n) is 3.58. The predicted molar refractivity (Wildman–Crippen MR) is 81.7 cm³/mol.